The van der Waals surface area contributed by atoms with E-state index in [0.717, 1.165) is 16.8 Å². The molecule has 0 radical (unpaired) electrons. The van der Waals surface area contributed by atoms with Crippen molar-refractivity contribution < 1.29 is 9.59 Å². The second kappa shape index (κ2) is 5.49. The first-order valence-corrected chi connectivity index (χ1v) is 6.78. The largest absolute Gasteiger partial charge is 0.352 e. The predicted molar refractivity (Wildman–Crippen MR) is 79.4 cm³/mol. The van der Waals surface area contributed by atoms with Gasteiger partial charge in [0.1, 0.15) is 5.41 Å². The lowest BCUT2D eigenvalue weighted by atomic mass is 10.0. The van der Waals surface area contributed by atoms with Gasteiger partial charge in [-0.1, -0.05) is 24.3 Å². The van der Waals surface area contributed by atoms with E-state index >= 15 is 0 Å². The van der Waals surface area contributed by atoms with Crippen LogP contribution in [0.25, 0.3) is 0 Å². The third-order valence-electron chi connectivity index (χ3n) is 3.75. The SMILES string of the molecule is C=CCNC(=O)C1(C(=O)Nc2c(C)cccc2C)CC1. The number of aryl methyl sites for hydroxylation is 2. The molecule has 1 aliphatic rings. The molecule has 1 saturated carbocycles. The Kier molecular flexibility index (Phi) is 3.93. The monoisotopic (exact) mass is 272 g/mol. The third-order valence-corrected chi connectivity index (χ3v) is 3.75. The lowest BCUT2D eigenvalue weighted by Gasteiger charge is -2.17. The number of anilines is 1. The number of hydrogen-bond donors (Lipinski definition) is 2. The summed E-state index contributed by atoms with van der Waals surface area (Å²) in [6.07, 6.45) is 2.82. The van der Waals surface area contributed by atoms with Gasteiger partial charge in [-0.3, -0.25) is 9.59 Å². The van der Waals surface area contributed by atoms with Crippen molar-refractivity contribution in [2.45, 2.75) is 26.7 Å². The topological polar surface area (TPSA) is 58.2 Å². The zero-order valence-electron chi connectivity index (χ0n) is 12.0. The molecule has 1 aromatic rings. The van der Waals surface area contributed by atoms with Gasteiger partial charge < -0.3 is 10.6 Å². The van der Waals surface area contributed by atoms with Crippen molar-refractivity contribution in [1.29, 1.82) is 0 Å². The molecule has 2 amide bonds. The normalized spacial score (nSPS) is 15.3. The molecule has 0 heterocycles. The molecule has 0 spiro atoms. The van der Waals surface area contributed by atoms with Crippen LogP contribution in [-0.4, -0.2) is 18.4 Å². The molecular weight excluding hydrogens is 252 g/mol. The van der Waals surface area contributed by atoms with E-state index < -0.39 is 5.41 Å². The number of hydrogen-bond acceptors (Lipinski definition) is 2. The predicted octanol–water partition coefficient (Wildman–Crippen LogP) is 2.32. The third kappa shape index (κ3) is 2.59. The minimum atomic E-state index is -0.891. The maximum absolute atomic E-state index is 12.4. The van der Waals surface area contributed by atoms with E-state index in [4.69, 9.17) is 0 Å². The van der Waals surface area contributed by atoms with Gasteiger partial charge >= 0.3 is 0 Å². The second-order valence-corrected chi connectivity index (χ2v) is 5.30. The van der Waals surface area contributed by atoms with E-state index in [-0.39, 0.29) is 11.8 Å². The van der Waals surface area contributed by atoms with E-state index in [2.05, 4.69) is 17.2 Å². The molecular formula is C16H20N2O2. The van der Waals surface area contributed by atoms with Crippen LogP contribution in [0.1, 0.15) is 24.0 Å². The van der Waals surface area contributed by atoms with Crippen molar-refractivity contribution in [3.8, 4) is 0 Å². The first-order valence-electron chi connectivity index (χ1n) is 6.78. The van der Waals surface area contributed by atoms with Crippen LogP contribution >= 0.6 is 0 Å². The van der Waals surface area contributed by atoms with E-state index in [0.29, 0.717) is 19.4 Å². The highest BCUT2D eigenvalue weighted by molar-refractivity contribution is 6.13. The van der Waals surface area contributed by atoms with Crippen molar-refractivity contribution in [3.63, 3.8) is 0 Å². The van der Waals surface area contributed by atoms with Crippen molar-refractivity contribution in [2.75, 3.05) is 11.9 Å². The Morgan fingerprint density at radius 2 is 1.85 bits per heavy atom. The molecule has 2 rings (SSSR count). The van der Waals surface area contributed by atoms with Crippen LogP contribution in [0.15, 0.2) is 30.9 Å². The van der Waals surface area contributed by atoms with Gasteiger partial charge in [0.05, 0.1) is 0 Å². The maximum atomic E-state index is 12.4. The van der Waals surface area contributed by atoms with Crippen LogP contribution in [0.2, 0.25) is 0 Å². The van der Waals surface area contributed by atoms with E-state index in [1.807, 2.05) is 32.0 Å². The lowest BCUT2D eigenvalue weighted by Crippen LogP contribution is -2.40. The van der Waals surface area contributed by atoms with E-state index in [9.17, 15) is 9.59 Å². The molecule has 106 valence electrons. The van der Waals surface area contributed by atoms with Gasteiger partial charge in [-0.15, -0.1) is 6.58 Å². The molecule has 2 N–H and O–H groups in total. The first kappa shape index (κ1) is 14.3. The fourth-order valence-electron chi connectivity index (χ4n) is 2.26. The quantitative estimate of drug-likeness (QED) is 0.638. The Balaban J connectivity index is 2.12. The van der Waals surface area contributed by atoms with Crippen LogP contribution in [0.4, 0.5) is 5.69 Å². The number of amides is 2. The minimum Gasteiger partial charge on any atom is -0.352 e. The van der Waals surface area contributed by atoms with Gasteiger partial charge in [0, 0.05) is 12.2 Å². The van der Waals surface area contributed by atoms with Crippen molar-refractivity contribution >= 4 is 17.5 Å². The van der Waals surface area contributed by atoms with Gasteiger partial charge in [0.25, 0.3) is 0 Å². The summed E-state index contributed by atoms with van der Waals surface area (Å²) >= 11 is 0. The summed E-state index contributed by atoms with van der Waals surface area (Å²) in [5.74, 6) is -0.419. The van der Waals surface area contributed by atoms with Crippen LogP contribution < -0.4 is 10.6 Å². The number of carbonyl (C=O) groups is 2. The van der Waals surface area contributed by atoms with Gasteiger partial charge in [0.2, 0.25) is 11.8 Å². The zero-order chi connectivity index (χ0) is 14.8. The minimum absolute atomic E-state index is 0.207. The summed E-state index contributed by atoms with van der Waals surface area (Å²) in [5, 5.41) is 5.63. The summed E-state index contributed by atoms with van der Waals surface area (Å²) in [6, 6.07) is 5.84. The molecule has 0 bridgehead atoms. The number of benzene rings is 1. The molecule has 0 saturated heterocycles. The molecule has 1 aliphatic carbocycles. The Bertz CT molecular complexity index is 539. The summed E-state index contributed by atoms with van der Waals surface area (Å²) in [5.41, 5.74) is 1.92. The molecule has 1 fully saturated rings. The molecule has 0 unspecified atom stereocenters. The summed E-state index contributed by atoms with van der Waals surface area (Å²) in [4.78, 5) is 24.5. The Labute approximate surface area is 119 Å². The van der Waals surface area contributed by atoms with E-state index in [1.165, 1.54) is 0 Å². The number of rotatable bonds is 5. The second-order valence-electron chi connectivity index (χ2n) is 5.30. The molecule has 4 nitrogen and oxygen atoms in total. The number of nitrogens with one attached hydrogen (secondary N) is 2. The van der Waals surface area contributed by atoms with Gasteiger partial charge in [-0.2, -0.15) is 0 Å². The Hall–Kier alpha value is -2.10. The van der Waals surface area contributed by atoms with Crippen molar-refractivity contribution in [2.24, 2.45) is 5.41 Å². The molecule has 4 heteroatoms. The highest BCUT2D eigenvalue weighted by Gasteiger charge is 2.56. The van der Waals surface area contributed by atoms with Gasteiger partial charge in [0.15, 0.2) is 0 Å². The highest BCUT2D eigenvalue weighted by atomic mass is 16.2. The average molecular weight is 272 g/mol. The van der Waals surface area contributed by atoms with Crippen molar-refractivity contribution in [1.82, 2.24) is 5.32 Å². The summed E-state index contributed by atoms with van der Waals surface area (Å²) in [6.45, 7) is 7.83. The molecule has 0 aromatic heterocycles. The van der Waals surface area contributed by atoms with Gasteiger partial charge in [-0.05, 0) is 37.8 Å². The van der Waals surface area contributed by atoms with E-state index in [1.54, 1.807) is 6.08 Å². The van der Waals surface area contributed by atoms with Crippen LogP contribution in [0.3, 0.4) is 0 Å². The van der Waals surface area contributed by atoms with Crippen LogP contribution in [0.5, 0.6) is 0 Å². The van der Waals surface area contributed by atoms with Crippen LogP contribution in [0, 0.1) is 19.3 Å². The van der Waals surface area contributed by atoms with Gasteiger partial charge in [-0.25, -0.2) is 0 Å². The average Bonchev–Trinajstić information content (AvgIpc) is 3.21. The first-order chi connectivity index (χ1) is 9.51. The molecule has 0 atom stereocenters. The highest BCUT2D eigenvalue weighted by Crippen LogP contribution is 2.47. The van der Waals surface area contributed by atoms with Crippen molar-refractivity contribution in [3.05, 3.63) is 42.0 Å². The number of carbonyl (C=O) groups excluding carboxylic acids is 2. The fourth-order valence-corrected chi connectivity index (χ4v) is 2.26. The Morgan fingerprint density at radius 3 is 2.35 bits per heavy atom. The fraction of sp³-hybridized carbons (Fsp3) is 0.375. The maximum Gasteiger partial charge on any atom is 0.240 e. The molecule has 1 aromatic carbocycles. The van der Waals surface area contributed by atoms with Crippen LogP contribution in [-0.2, 0) is 9.59 Å². The number of para-hydroxylation sites is 1. The standard InChI is InChI=1S/C16H20N2O2/c1-4-10-17-14(19)16(8-9-16)15(20)18-13-11(2)6-5-7-12(13)3/h4-7H,1,8-10H2,2-3H3,(H,17,19)(H,18,20). The molecule has 20 heavy (non-hydrogen) atoms. The summed E-state index contributed by atoms with van der Waals surface area (Å²) in [7, 11) is 0. The smallest absolute Gasteiger partial charge is 0.240 e. The summed E-state index contributed by atoms with van der Waals surface area (Å²) < 4.78 is 0. The Morgan fingerprint density at radius 1 is 1.25 bits per heavy atom. The zero-order valence-corrected chi connectivity index (χ0v) is 12.0. The lowest BCUT2D eigenvalue weighted by molar-refractivity contribution is -0.134. The molecule has 0 aliphatic heterocycles.